The molecule has 154 valence electrons. The highest BCUT2D eigenvalue weighted by Crippen LogP contribution is 2.25. The Morgan fingerprint density at radius 1 is 1.10 bits per heavy atom. The second-order valence-electron chi connectivity index (χ2n) is 7.93. The molecule has 1 saturated heterocycles. The summed E-state index contributed by atoms with van der Waals surface area (Å²) >= 11 is 0. The van der Waals surface area contributed by atoms with E-state index in [1.54, 1.807) is 0 Å². The maximum atomic E-state index is 9.60. The second-order valence-corrected chi connectivity index (χ2v) is 7.93. The van der Waals surface area contributed by atoms with Gasteiger partial charge in [0.1, 0.15) is 11.5 Å². The van der Waals surface area contributed by atoms with Crippen LogP contribution in [0.3, 0.4) is 0 Å². The highest BCUT2D eigenvalue weighted by atomic mass is 16.3. The number of aromatic nitrogens is 2. The van der Waals surface area contributed by atoms with E-state index in [1.165, 1.54) is 5.56 Å². The lowest BCUT2D eigenvalue weighted by Gasteiger charge is -2.41. The molecule has 0 bridgehead atoms. The van der Waals surface area contributed by atoms with Crippen LogP contribution in [0.25, 0.3) is 11.3 Å². The fourth-order valence-electron chi connectivity index (χ4n) is 4.24. The molecule has 1 N–H and O–H groups in total. The van der Waals surface area contributed by atoms with Crippen molar-refractivity contribution in [2.24, 2.45) is 7.05 Å². The molecule has 1 fully saturated rings. The Morgan fingerprint density at radius 3 is 2.66 bits per heavy atom. The smallest absolute Gasteiger partial charge is 0.118 e. The quantitative estimate of drug-likeness (QED) is 0.667. The van der Waals surface area contributed by atoms with Crippen molar-refractivity contribution in [2.45, 2.75) is 32.5 Å². The largest absolute Gasteiger partial charge is 0.465 e. The molecule has 0 amide bonds. The number of hydrogen-bond acceptors (Lipinski definition) is 5. The van der Waals surface area contributed by atoms with Crippen LogP contribution in [0.5, 0.6) is 0 Å². The number of hydrogen-bond donors (Lipinski definition) is 1. The molecule has 2 aromatic heterocycles. The lowest BCUT2D eigenvalue weighted by molar-refractivity contribution is 0.0455. The molecule has 3 heterocycles. The highest BCUT2D eigenvalue weighted by molar-refractivity contribution is 5.62. The van der Waals surface area contributed by atoms with Gasteiger partial charge in [-0.25, -0.2) is 0 Å². The van der Waals surface area contributed by atoms with Crippen molar-refractivity contribution >= 4 is 0 Å². The van der Waals surface area contributed by atoms with Crippen molar-refractivity contribution in [1.29, 1.82) is 0 Å². The van der Waals surface area contributed by atoms with Crippen LogP contribution in [0.4, 0.5) is 0 Å². The van der Waals surface area contributed by atoms with Gasteiger partial charge in [0.15, 0.2) is 0 Å². The van der Waals surface area contributed by atoms with Crippen LogP contribution in [0.2, 0.25) is 0 Å². The number of rotatable bonds is 7. The SMILES string of the molecule is Cc1ccc(CN2CCN(Cc3cn(C)nc3-c3ccccc3)C[C@@H]2CCO)o1. The summed E-state index contributed by atoms with van der Waals surface area (Å²) in [5.41, 5.74) is 3.46. The fourth-order valence-corrected chi connectivity index (χ4v) is 4.24. The third-order valence-corrected chi connectivity index (χ3v) is 5.65. The van der Waals surface area contributed by atoms with Gasteiger partial charge in [-0.15, -0.1) is 0 Å². The highest BCUT2D eigenvalue weighted by Gasteiger charge is 2.28. The standard InChI is InChI=1S/C23H30N4O2/c1-18-8-9-22(29-18)17-27-12-11-26(16-21(27)10-13-28)15-20-14-25(2)24-23(20)19-6-4-3-5-7-19/h3-9,14,21,28H,10-13,15-17H2,1-2H3/t21-/m0/s1. The lowest BCUT2D eigenvalue weighted by atomic mass is 10.1. The molecular weight excluding hydrogens is 364 g/mol. The van der Waals surface area contributed by atoms with Gasteiger partial charge in [-0.2, -0.15) is 5.10 Å². The van der Waals surface area contributed by atoms with Gasteiger partial charge >= 0.3 is 0 Å². The Bertz CT molecular complexity index is 918. The maximum Gasteiger partial charge on any atom is 0.118 e. The van der Waals surface area contributed by atoms with Gasteiger partial charge in [0.2, 0.25) is 0 Å². The van der Waals surface area contributed by atoms with E-state index in [-0.39, 0.29) is 6.61 Å². The molecule has 4 rings (SSSR count). The first-order chi connectivity index (χ1) is 14.1. The van der Waals surface area contributed by atoms with Gasteiger partial charge in [0.25, 0.3) is 0 Å². The van der Waals surface area contributed by atoms with E-state index < -0.39 is 0 Å². The van der Waals surface area contributed by atoms with Gasteiger partial charge in [0, 0.05) is 63.2 Å². The Kier molecular flexibility index (Phi) is 6.13. The minimum absolute atomic E-state index is 0.203. The third kappa shape index (κ3) is 4.78. The summed E-state index contributed by atoms with van der Waals surface area (Å²) in [4.78, 5) is 4.92. The van der Waals surface area contributed by atoms with Crippen molar-refractivity contribution in [3.63, 3.8) is 0 Å². The Labute approximate surface area is 172 Å². The molecule has 6 nitrogen and oxygen atoms in total. The van der Waals surface area contributed by atoms with E-state index in [2.05, 4.69) is 46.3 Å². The zero-order valence-electron chi connectivity index (χ0n) is 17.3. The zero-order valence-corrected chi connectivity index (χ0v) is 17.3. The third-order valence-electron chi connectivity index (χ3n) is 5.65. The molecule has 1 aromatic carbocycles. The summed E-state index contributed by atoms with van der Waals surface area (Å²) < 4.78 is 7.68. The minimum atomic E-state index is 0.203. The van der Waals surface area contributed by atoms with E-state index in [0.29, 0.717) is 6.04 Å². The molecule has 6 heteroatoms. The summed E-state index contributed by atoms with van der Waals surface area (Å²) in [6.45, 7) is 6.74. The predicted molar refractivity (Wildman–Crippen MR) is 113 cm³/mol. The van der Waals surface area contributed by atoms with Gasteiger partial charge in [-0.05, 0) is 25.5 Å². The fraction of sp³-hybridized carbons (Fsp3) is 0.435. The molecule has 1 aliphatic heterocycles. The number of benzene rings is 1. The van der Waals surface area contributed by atoms with E-state index in [1.807, 2.05) is 30.8 Å². The first-order valence-corrected chi connectivity index (χ1v) is 10.3. The minimum Gasteiger partial charge on any atom is -0.465 e. The number of nitrogens with zero attached hydrogens (tertiary/aromatic N) is 4. The van der Waals surface area contributed by atoms with Crippen molar-refractivity contribution in [3.8, 4) is 11.3 Å². The summed E-state index contributed by atoms with van der Waals surface area (Å²) in [5.74, 6) is 1.94. The molecular formula is C23H30N4O2. The topological polar surface area (TPSA) is 57.7 Å². The molecule has 0 unspecified atom stereocenters. The summed E-state index contributed by atoms with van der Waals surface area (Å²) in [6.07, 6.45) is 2.90. The molecule has 0 saturated carbocycles. The van der Waals surface area contributed by atoms with Gasteiger partial charge in [-0.1, -0.05) is 30.3 Å². The van der Waals surface area contributed by atoms with Crippen LogP contribution in [0.15, 0.2) is 53.1 Å². The summed E-state index contributed by atoms with van der Waals surface area (Å²) in [6, 6.07) is 14.8. The maximum absolute atomic E-state index is 9.60. The van der Waals surface area contributed by atoms with Crippen LogP contribution in [-0.2, 0) is 20.1 Å². The predicted octanol–water partition coefficient (Wildman–Crippen LogP) is 3.06. The molecule has 0 aliphatic carbocycles. The van der Waals surface area contributed by atoms with Crippen LogP contribution in [0.1, 0.15) is 23.5 Å². The molecule has 3 aromatic rings. The van der Waals surface area contributed by atoms with Crippen LogP contribution >= 0.6 is 0 Å². The van der Waals surface area contributed by atoms with E-state index in [9.17, 15) is 5.11 Å². The molecule has 0 spiro atoms. The van der Waals surface area contributed by atoms with Crippen molar-refractivity contribution < 1.29 is 9.52 Å². The van der Waals surface area contributed by atoms with E-state index >= 15 is 0 Å². The average molecular weight is 395 g/mol. The molecule has 1 aliphatic rings. The Morgan fingerprint density at radius 2 is 1.93 bits per heavy atom. The molecule has 29 heavy (non-hydrogen) atoms. The number of furan rings is 1. The summed E-state index contributed by atoms with van der Waals surface area (Å²) in [7, 11) is 1.98. The first-order valence-electron chi connectivity index (χ1n) is 10.3. The van der Waals surface area contributed by atoms with Crippen molar-refractivity contribution in [3.05, 3.63) is 65.7 Å². The number of aryl methyl sites for hydroxylation is 2. The number of aliphatic hydroxyl groups is 1. The monoisotopic (exact) mass is 394 g/mol. The van der Waals surface area contributed by atoms with Gasteiger partial charge < -0.3 is 9.52 Å². The molecule has 1 atom stereocenters. The van der Waals surface area contributed by atoms with Gasteiger partial charge in [-0.3, -0.25) is 14.5 Å². The zero-order chi connectivity index (χ0) is 20.2. The van der Waals surface area contributed by atoms with Gasteiger partial charge in [0.05, 0.1) is 12.2 Å². The Hall–Kier alpha value is -2.41. The normalized spacial score (nSPS) is 18.4. The van der Waals surface area contributed by atoms with Crippen LogP contribution in [-0.4, -0.2) is 57.0 Å². The number of aliphatic hydroxyl groups excluding tert-OH is 1. The molecule has 0 radical (unpaired) electrons. The first kappa shape index (κ1) is 19.9. The Balaban J connectivity index is 1.46. The van der Waals surface area contributed by atoms with Crippen LogP contribution < -0.4 is 0 Å². The summed E-state index contributed by atoms with van der Waals surface area (Å²) in [5, 5.41) is 14.3. The van der Waals surface area contributed by atoms with E-state index in [0.717, 1.165) is 61.9 Å². The van der Waals surface area contributed by atoms with Crippen LogP contribution in [0, 0.1) is 6.92 Å². The van der Waals surface area contributed by atoms with Crippen molar-refractivity contribution in [1.82, 2.24) is 19.6 Å². The number of piperazine rings is 1. The second kappa shape index (κ2) is 8.95. The average Bonchev–Trinajstić information content (AvgIpc) is 3.29. The lowest BCUT2D eigenvalue weighted by Crippen LogP contribution is -2.52. The van der Waals surface area contributed by atoms with Crippen molar-refractivity contribution in [2.75, 3.05) is 26.2 Å². The van der Waals surface area contributed by atoms with E-state index in [4.69, 9.17) is 9.52 Å².